The van der Waals surface area contributed by atoms with E-state index in [1.54, 1.807) is 22.0 Å². The standard InChI is InChI=1S/C26H32N6O2S/c1-15(2)21-13-29-32-25(21)30-24(20(11-27)22(14-33)17(4)34)31-26(32)28-12-19-8-7-18(10-16(19)3)23-6-5-9-35-23/h5-9,11,13,15-16,20,22,27,33H,10,12,14H2,1-4H3,(H,28,30,31). The summed E-state index contributed by atoms with van der Waals surface area (Å²) in [6, 6.07) is 4.23. The molecule has 3 heterocycles. The highest BCUT2D eigenvalue weighted by atomic mass is 32.1. The van der Waals surface area contributed by atoms with Crippen molar-refractivity contribution in [3.05, 3.63) is 57.7 Å². The van der Waals surface area contributed by atoms with E-state index in [-0.39, 0.29) is 18.3 Å². The van der Waals surface area contributed by atoms with Gasteiger partial charge in [0.25, 0.3) is 0 Å². The third-order valence-corrected chi connectivity index (χ3v) is 7.56. The predicted octanol–water partition coefficient (Wildman–Crippen LogP) is 4.70. The number of nitrogens with one attached hydrogen (secondary N) is 2. The molecule has 1 aliphatic carbocycles. The number of hydrogen-bond acceptors (Lipinski definition) is 8. The van der Waals surface area contributed by atoms with Crippen molar-refractivity contribution >= 4 is 40.5 Å². The second-order valence-corrected chi connectivity index (χ2v) is 10.3. The van der Waals surface area contributed by atoms with Gasteiger partial charge in [0.05, 0.1) is 24.6 Å². The average Bonchev–Trinajstić information content (AvgIpc) is 3.51. The van der Waals surface area contributed by atoms with Crippen LogP contribution in [-0.2, 0) is 4.79 Å². The second-order valence-electron chi connectivity index (χ2n) is 9.36. The SMILES string of the molecule is CC(=O)C(CO)C(C=N)c1nc(NCC2=CC=C(c3cccs3)CC2C)n2ncc(C(C)C)c2n1. The van der Waals surface area contributed by atoms with E-state index in [1.807, 2.05) is 0 Å². The van der Waals surface area contributed by atoms with Crippen molar-refractivity contribution in [1.29, 1.82) is 5.41 Å². The van der Waals surface area contributed by atoms with Crippen molar-refractivity contribution < 1.29 is 9.90 Å². The van der Waals surface area contributed by atoms with Crippen LogP contribution in [0.15, 0.2) is 41.4 Å². The van der Waals surface area contributed by atoms with Crippen LogP contribution < -0.4 is 5.32 Å². The summed E-state index contributed by atoms with van der Waals surface area (Å²) in [5, 5.41) is 27.8. The number of carbonyl (C=O) groups is 1. The van der Waals surface area contributed by atoms with Gasteiger partial charge in [0, 0.05) is 23.2 Å². The first-order valence-electron chi connectivity index (χ1n) is 11.9. The van der Waals surface area contributed by atoms with Gasteiger partial charge in [0.2, 0.25) is 5.95 Å². The van der Waals surface area contributed by atoms with Gasteiger partial charge >= 0.3 is 0 Å². The Kier molecular flexibility index (Phi) is 7.57. The van der Waals surface area contributed by atoms with Crippen LogP contribution >= 0.6 is 11.3 Å². The summed E-state index contributed by atoms with van der Waals surface area (Å²) < 4.78 is 1.68. The second kappa shape index (κ2) is 10.6. The zero-order chi connectivity index (χ0) is 25.1. The van der Waals surface area contributed by atoms with Crippen molar-refractivity contribution in [2.45, 2.75) is 46.0 Å². The summed E-state index contributed by atoms with van der Waals surface area (Å²) in [4.78, 5) is 22.8. The molecule has 0 saturated heterocycles. The third kappa shape index (κ3) is 5.11. The Morgan fingerprint density at radius 2 is 2.17 bits per heavy atom. The highest BCUT2D eigenvalue weighted by molar-refractivity contribution is 7.11. The van der Waals surface area contributed by atoms with E-state index in [2.05, 4.69) is 65.8 Å². The largest absolute Gasteiger partial charge is 0.396 e. The first-order chi connectivity index (χ1) is 16.8. The van der Waals surface area contributed by atoms with Crippen LogP contribution in [-0.4, -0.2) is 49.8 Å². The number of allylic oxidation sites excluding steroid dienone is 3. The number of aliphatic hydroxyl groups excluding tert-OH is 1. The first kappa shape index (κ1) is 24.9. The van der Waals surface area contributed by atoms with Gasteiger partial charge in [0.1, 0.15) is 11.6 Å². The summed E-state index contributed by atoms with van der Waals surface area (Å²) in [5.74, 6) is -0.300. The molecular formula is C26H32N6O2S. The van der Waals surface area contributed by atoms with Crippen molar-refractivity contribution in [2.75, 3.05) is 18.5 Å². The lowest BCUT2D eigenvalue weighted by molar-refractivity contribution is -0.122. The van der Waals surface area contributed by atoms with E-state index >= 15 is 0 Å². The number of Topliss-reactive ketones (excluding diaryl/α,β-unsaturated/α-hetero) is 1. The maximum atomic E-state index is 12.1. The van der Waals surface area contributed by atoms with Gasteiger partial charge in [-0.3, -0.25) is 4.79 Å². The molecule has 3 unspecified atom stereocenters. The van der Waals surface area contributed by atoms with Gasteiger partial charge in [-0.25, -0.2) is 4.98 Å². The monoisotopic (exact) mass is 492 g/mol. The van der Waals surface area contributed by atoms with Crippen molar-refractivity contribution in [3.8, 4) is 0 Å². The summed E-state index contributed by atoms with van der Waals surface area (Å²) in [7, 11) is 0. The minimum absolute atomic E-state index is 0.185. The highest BCUT2D eigenvalue weighted by Gasteiger charge is 2.29. The molecule has 9 heteroatoms. The fourth-order valence-corrected chi connectivity index (χ4v) is 5.17. The average molecular weight is 493 g/mol. The fourth-order valence-electron chi connectivity index (χ4n) is 4.41. The van der Waals surface area contributed by atoms with Gasteiger partial charge in [-0.2, -0.15) is 14.6 Å². The number of aliphatic hydroxyl groups is 1. The van der Waals surface area contributed by atoms with Crippen LogP contribution in [0.2, 0.25) is 0 Å². The highest BCUT2D eigenvalue weighted by Crippen LogP contribution is 2.33. The van der Waals surface area contributed by atoms with Crippen molar-refractivity contribution in [3.63, 3.8) is 0 Å². The predicted molar refractivity (Wildman–Crippen MR) is 140 cm³/mol. The van der Waals surface area contributed by atoms with Crippen molar-refractivity contribution in [1.82, 2.24) is 19.6 Å². The molecular weight excluding hydrogens is 460 g/mol. The molecule has 8 nitrogen and oxygen atoms in total. The smallest absolute Gasteiger partial charge is 0.227 e. The van der Waals surface area contributed by atoms with Gasteiger partial charge in [-0.15, -0.1) is 11.3 Å². The minimum atomic E-state index is -0.768. The quantitative estimate of drug-likeness (QED) is 0.353. The lowest BCUT2D eigenvalue weighted by Crippen LogP contribution is -2.27. The summed E-state index contributed by atoms with van der Waals surface area (Å²) in [6.07, 6.45) is 8.28. The van der Waals surface area contributed by atoms with Gasteiger partial charge in [-0.05, 0) is 47.8 Å². The number of anilines is 1. The molecule has 0 aromatic carbocycles. The maximum absolute atomic E-state index is 12.1. The van der Waals surface area contributed by atoms with E-state index in [4.69, 9.17) is 10.4 Å². The first-order valence-corrected chi connectivity index (χ1v) is 12.8. The Bertz CT molecular complexity index is 1270. The van der Waals surface area contributed by atoms with Crippen LogP contribution in [0, 0.1) is 17.2 Å². The van der Waals surface area contributed by atoms with Crippen LogP contribution in [0.5, 0.6) is 0 Å². The molecule has 3 N–H and O–H groups in total. The normalized spacial score (nSPS) is 17.7. The van der Waals surface area contributed by atoms with Gasteiger partial charge < -0.3 is 15.8 Å². The Morgan fingerprint density at radius 3 is 2.77 bits per heavy atom. The number of rotatable bonds is 10. The molecule has 0 bridgehead atoms. The molecule has 184 valence electrons. The topological polar surface area (TPSA) is 116 Å². The van der Waals surface area contributed by atoms with Crippen LogP contribution in [0.1, 0.15) is 62.2 Å². The molecule has 1 aliphatic rings. The zero-order valence-electron chi connectivity index (χ0n) is 20.5. The van der Waals surface area contributed by atoms with Crippen LogP contribution in [0.3, 0.4) is 0 Å². The van der Waals surface area contributed by atoms with E-state index in [0.29, 0.717) is 29.9 Å². The Labute approximate surface area is 209 Å². The van der Waals surface area contributed by atoms with Gasteiger partial charge in [0.15, 0.2) is 5.65 Å². The molecule has 3 aromatic rings. The molecule has 4 rings (SSSR count). The molecule has 0 saturated carbocycles. The maximum Gasteiger partial charge on any atom is 0.227 e. The summed E-state index contributed by atoms with van der Waals surface area (Å²) in [6.45, 7) is 8.00. The fraction of sp³-hybridized carbons (Fsp3) is 0.423. The van der Waals surface area contributed by atoms with Gasteiger partial charge in [-0.1, -0.05) is 39.0 Å². The number of aromatic nitrogens is 4. The van der Waals surface area contributed by atoms with E-state index < -0.39 is 11.8 Å². The molecule has 0 aliphatic heterocycles. The number of fused-ring (bicyclic) bond motifs is 1. The van der Waals surface area contributed by atoms with Crippen LogP contribution in [0.4, 0.5) is 5.95 Å². The minimum Gasteiger partial charge on any atom is -0.396 e. The summed E-state index contributed by atoms with van der Waals surface area (Å²) >= 11 is 1.76. The Hall–Kier alpha value is -3.17. The Morgan fingerprint density at radius 1 is 1.37 bits per heavy atom. The molecule has 3 aromatic heterocycles. The number of hydrogen-bond donors (Lipinski definition) is 3. The van der Waals surface area contributed by atoms with E-state index in [9.17, 15) is 9.90 Å². The number of nitrogens with zero attached hydrogens (tertiary/aromatic N) is 4. The van der Waals surface area contributed by atoms with E-state index in [0.717, 1.165) is 18.2 Å². The molecule has 0 spiro atoms. The number of ketones is 1. The molecule has 0 amide bonds. The van der Waals surface area contributed by atoms with E-state index in [1.165, 1.54) is 22.9 Å². The van der Waals surface area contributed by atoms with Crippen LogP contribution in [0.25, 0.3) is 11.2 Å². The summed E-state index contributed by atoms with van der Waals surface area (Å²) in [5.41, 5.74) is 4.21. The lowest BCUT2D eigenvalue weighted by Gasteiger charge is -2.23. The Balaban J connectivity index is 1.69. The van der Waals surface area contributed by atoms with Crippen molar-refractivity contribution in [2.24, 2.45) is 11.8 Å². The molecule has 3 atom stereocenters. The lowest BCUT2D eigenvalue weighted by atomic mass is 9.88. The zero-order valence-corrected chi connectivity index (χ0v) is 21.3. The molecule has 0 radical (unpaired) electrons. The number of thiophene rings is 1. The third-order valence-electron chi connectivity index (χ3n) is 6.61. The number of carbonyl (C=O) groups excluding carboxylic acids is 1. The molecule has 35 heavy (non-hydrogen) atoms. The molecule has 0 fully saturated rings.